The largest absolute Gasteiger partial charge is 0.493 e. The number of benzene rings is 1. The zero-order valence-electron chi connectivity index (χ0n) is 13.7. The third-order valence-electron chi connectivity index (χ3n) is 4.56. The number of nitrogens with one attached hydrogen (secondary N) is 1. The summed E-state index contributed by atoms with van der Waals surface area (Å²) in [6.45, 7) is 5.71. The first kappa shape index (κ1) is 16.1. The first-order valence-electron chi connectivity index (χ1n) is 7.78. The van der Waals surface area contributed by atoms with Gasteiger partial charge in [-0.3, -0.25) is 4.90 Å². The lowest BCUT2D eigenvalue weighted by molar-refractivity contribution is 0.196. The van der Waals surface area contributed by atoms with E-state index in [-0.39, 0.29) is 0 Å². The number of hydrogen-bond donors (Lipinski definition) is 1. The highest BCUT2D eigenvalue weighted by atomic mass is 16.5. The van der Waals surface area contributed by atoms with E-state index in [2.05, 4.69) is 36.3 Å². The van der Waals surface area contributed by atoms with Gasteiger partial charge in [0.2, 0.25) is 0 Å². The minimum absolute atomic E-state index is 0.375. The summed E-state index contributed by atoms with van der Waals surface area (Å²) in [5.74, 6) is 2.39. The first-order chi connectivity index (χ1) is 10.2. The van der Waals surface area contributed by atoms with Crippen LogP contribution in [0.4, 0.5) is 0 Å². The van der Waals surface area contributed by atoms with Crippen LogP contribution in [-0.2, 0) is 0 Å². The van der Waals surface area contributed by atoms with Gasteiger partial charge in [0.25, 0.3) is 0 Å². The highest BCUT2D eigenvalue weighted by molar-refractivity contribution is 5.43. The van der Waals surface area contributed by atoms with Gasteiger partial charge in [0, 0.05) is 12.6 Å². The van der Waals surface area contributed by atoms with E-state index in [1.807, 2.05) is 6.07 Å². The van der Waals surface area contributed by atoms with Gasteiger partial charge in [-0.25, -0.2) is 0 Å². The molecule has 1 aliphatic heterocycles. The lowest BCUT2D eigenvalue weighted by Gasteiger charge is -2.31. The van der Waals surface area contributed by atoms with Gasteiger partial charge in [0.1, 0.15) is 0 Å². The second-order valence-corrected chi connectivity index (χ2v) is 5.92. The van der Waals surface area contributed by atoms with Crippen LogP contribution in [-0.4, -0.2) is 45.8 Å². The van der Waals surface area contributed by atoms with E-state index in [4.69, 9.17) is 9.47 Å². The molecule has 1 atom stereocenters. The van der Waals surface area contributed by atoms with Crippen LogP contribution >= 0.6 is 0 Å². The van der Waals surface area contributed by atoms with Crippen molar-refractivity contribution in [1.82, 2.24) is 10.2 Å². The molecule has 0 saturated carbocycles. The Labute approximate surface area is 128 Å². The van der Waals surface area contributed by atoms with Crippen LogP contribution in [0.15, 0.2) is 18.2 Å². The SMILES string of the molecule is COc1ccc(C(C)N(C)CC2CCNCC2)cc1OC. The molecule has 1 aromatic rings. The molecule has 1 aromatic carbocycles. The van der Waals surface area contributed by atoms with Gasteiger partial charge in [0.05, 0.1) is 14.2 Å². The standard InChI is InChI=1S/C17H28N2O2/c1-13(19(2)12-14-7-9-18-10-8-14)15-5-6-16(20-3)17(11-15)21-4/h5-6,11,13-14,18H,7-10,12H2,1-4H3. The van der Waals surface area contributed by atoms with Crippen molar-refractivity contribution in [2.75, 3.05) is 40.9 Å². The van der Waals surface area contributed by atoms with E-state index in [0.717, 1.165) is 37.1 Å². The summed E-state index contributed by atoms with van der Waals surface area (Å²) in [7, 11) is 5.57. The van der Waals surface area contributed by atoms with E-state index in [1.165, 1.54) is 18.4 Å². The van der Waals surface area contributed by atoms with E-state index >= 15 is 0 Å². The van der Waals surface area contributed by atoms with Crippen LogP contribution in [0.5, 0.6) is 11.5 Å². The number of ether oxygens (including phenoxy) is 2. The fraction of sp³-hybridized carbons (Fsp3) is 0.647. The summed E-state index contributed by atoms with van der Waals surface area (Å²) in [4.78, 5) is 2.44. The van der Waals surface area contributed by atoms with E-state index in [0.29, 0.717) is 6.04 Å². The molecular weight excluding hydrogens is 264 g/mol. The van der Waals surface area contributed by atoms with Gasteiger partial charge in [-0.15, -0.1) is 0 Å². The maximum atomic E-state index is 5.40. The Morgan fingerprint density at radius 2 is 1.86 bits per heavy atom. The number of rotatable bonds is 6. The van der Waals surface area contributed by atoms with Gasteiger partial charge in [-0.1, -0.05) is 6.07 Å². The van der Waals surface area contributed by atoms with Crippen LogP contribution in [0.1, 0.15) is 31.4 Å². The molecule has 1 heterocycles. The molecule has 1 aliphatic rings. The van der Waals surface area contributed by atoms with E-state index < -0.39 is 0 Å². The second kappa shape index (κ2) is 7.66. The maximum absolute atomic E-state index is 5.40. The molecule has 118 valence electrons. The zero-order chi connectivity index (χ0) is 15.2. The van der Waals surface area contributed by atoms with Gasteiger partial charge >= 0.3 is 0 Å². The minimum Gasteiger partial charge on any atom is -0.493 e. The maximum Gasteiger partial charge on any atom is 0.161 e. The molecule has 4 heteroatoms. The molecule has 0 spiro atoms. The quantitative estimate of drug-likeness (QED) is 0.874. The van der Waals surface area contributed by atoms with Crippen molar-refractivity contribution in [3.8, 4) is 11.5 Å². The number of piperidine rings is 1. The molecule has 0 bridgehead atoms. The smallest absolute Gasteiger partial charge is 0.161 e. The molecule has 0 amide bonds. The third-order valence-corrected chi connectivity index (χ3v) is 4.56. The van der Waals surface area contributed by atoms with Crippen molar-refractivity contribution in [2.24, 2.45) is 5.92 Å². The van der Waals surface area contributed by atoms with Crippen LogP contribution in [0.3, 0.4) is 0 Å². The van der Waals surface area contributed by atoms with Crippen LogP contribution in [0.25, 0.3) is 0 Å². The lowest BCUT2D eigenvalue weighted by atomic mass is 9.96. The Hall–Kier alpha value is -1.26. The monoisotopic (exact) mass is 292 g/mol. The predicted octanol–water partition coefficient (Wildman–Crippen LogP) is 2.70. The van der Waals surface area contributed by atoms with Crippen LogP contribution < -0.4 is 14.8 Å². The van der Waals surface area contributed by atoms with Gasteiger partial charge < -0.3 is 14.8 Å². The molecule has 0 aromatic heterocycles. The Morgan fingerprint density at radius 1 is 1.19 bits per heavy atom. The molecule has 0 radical (unpaired) electrons. The predicted molar refractivity (Wildman–Crippen MR) is 86.2 cm³/mol. The summed E-state index contributed by atoms with van der Waals surface area (Å²) in [6, 6.07) is 6.58. The normalized spacial score (nSPS) is 17.8. The molecule has 4 nitrogen and oxygen atoms in total. The summed E-state index contributed by atoms with van der Waals surface area (Å²) in [5.41, 5.74) is 1.27. The Kier molecular flexibility index (Phi) is 5.88. The zero-order valence-corrected chi connectivity index (χ0v) is 13.7. The lowest BCUT2D eigenvalue weighted by Crippen LogP contribution is -2.35. The molecular formula is C17H28N2O2. The Morgan fingerprint density at radius 3 is 2.48 bits per heavy atom. The number of methoxy groups -OCH3 is 2. The Bertz CT molecular complexity index is 444. The highest BCUT2D eigenvalue weighted by Crippen LogP contribution is 2.31. The van der Waals surface area contributed by atoms with Crippen molar-refractivity contribution in [3.05, 3.63) is 23.8 Å². The molecule has 21 heavy (non-hydrogen) atoms. The van der Waals surface area contributed by atoms with E-state index in [1.54, 1.807) is 14.2 Å². The number of nitrogens with zero attached hydrogens (tertiary/aromatic N) is 1. The summed E-state index contributed by atoms with van der Waals surface area (Å²) < 4.78 is 10.7. The van der Waals surface area contributed by atoms with Crippen molar-refractivity contribution >= 4 is 0 Å². The molecule has 0 aliphatic carbocycles. The highest BCUT2D eigenvalue weighted by Gasteiger charge is 2.19. The van der Waals surface area contributed by atoms with Crippen molar-refractivity contribution < 1.29 is 9.47 Å². The van der Waals surface area contributed by atoms with Gasteiger partial charge in [-0.05, 0) is 63.5 Å². The number of hydrogen-bond acceptors (Lipinski definition) is 4. The van der Waals surface area contributed by atoms with Crippen molar-refractivity contribution in [3.63, 3.8) is 0 Å². The second-order valence-electron chi connectivity index (χ2n) is 5.92. The Balaban J connectivity index is 2.02. The molecule has 2 rings (SSSR count). The van der Waals surface area contributed by atoms with Gasteiger partial charge in [0.15, 0.2) is 11.5 Å². The summed E-state index contributed by atoms with van der Waals surface area (Å²) in [6.07, 6.45) is 2.56. The summed E-state index contributed by atoms with van der Waals surface area (Å²) >= 11 is 0. The molecule has 1 saturated heterocycles. The van der Waals surface area contributed by atoms with E-state index in [9.17, 15) is 0 Å². The minimum atomic E-state index is 0.375. The molecule has 1 N–H and O–H groups in total. The first-order valence-corrected chi connectivity index (χ1v) is 7.78. The average Bonchev–Trinajstić information content (AvgIpc) is 2.54. The molecule has 1 unspecified atom stereocenters. The third kappa shape index (κ3) is 4.11. The van der Waals surface area contributed by atoms with Gasteiger partial charge in [-0.2, -0.15) is 0 Å². The average molecular weight is 292 g/mol. The fourth-order valence-corrected chi connectivity index (χ4v) is 3.00. The molecule has 1 fully saturated rings. The van der Waals surface area contributed by atoms with Crippen molar-refractivity contribution in [2.45, 2.75) is 25.8 Å². The fourth-order valence-electron chi connectivity index (χ4n) is 3.00. The topological polar surface area (TPSA) is 33.7 Å². The van der Waals surface area contributed by atoms with Crippen LogP contribution in [0.2, 0.25) is 0 Å². The van der Waals surface area contributed by atoms with Crippen molar-refractivity contribution in [1.29, 1.82) is 0 Å². The summed E-state index contributed by atoms with van der Waals surface area (Å²) in [5, 5.41) is 3.43. The van der Waals surface area contributed by atoms with Crippen LogP contribution in [0, 0.1) is 5.92 Å².